The van der Waals surface area contributed by atoms with Gasteiger partial charge in [-0.3, -0.25) is 4.79 Å². The number of hydrogen-bond donors (Lipinski definition) is 0. The second-order valence-corrected chi connectivity index (χ2v) is 9.39. The summed E-state index contributed by atoms with van der Waals surface area (Å²) in [6.07, 6.45) is 5.93. The number of carbonyl (C=O) groups excluding carboxylic acids is 1. The van der Waals surface area contributed by atoms with Crippen LogP contribution in [0, 0.1) is 0 Å². The van der Waals surface area contributed by atoms with Crippen molar-refractivity contribution in [3.8, 4) is 5.75 Å². The van der Waals surface area contributed by atoms with E-state index in [9.17, 15) is 4.79 Å². The predicted molar refractivity (Wildman–Crippen MR) is 136 cm³/mol. The minimum atomic E-state index is -0.0654. The molecule has 0 saturated carbocycles. The van der Waals surface area contributed by atoms with Gasteiger partial charge in [-0.05, 0) is 79.7 Å². The zero-order valence-electron chi connectivity index (χ0n) is 19.9. The fourth-order valence-electron chi connectivity index (χ4n) is 5.30. The number of carbonyl (C=O) groups is 1. The summed E-state index contributed by atoms with van der Waals surface area (Å²) >= 11 is 0. The molecule has 4 heteroatoms. The molecule has 0 bridgehead atoms. The van der Waals surface area contributed by atoms with E-state index in [1.54, 1.807) is 0 Å². The molecule has 3 aromatic rings. The molecule has 0 N–H and O–H groups in total. The Bertz CT molecular complexity index is 1070. The van der Waals surface area contributed by atoms with E-state index in [-0.39, 0.29) is 11.9 Å². The summed E-state index contributed by atoms with van der Waals surface area (Å²) in [5.74, 6) is 0.902. The Morgan fingerprint density at radius 3 is 2.35 bits per heavy atom. The van der Waals surface area contributed by atoms with Crippen molar-refractivity contribution in [1.82, 2.24) is 9.80 Å². The number of piperidine rings is 1. The van der Waals surface area contributed by atoms with E-state index in [1.165, 1.54) is 43.5 Å². The average Bonchev–Trinajstić information content (AvgIpc) is 2.91. The first-order valence-corrected chi connectivity index (χ1v) is 12.7. The molecule has 1 atom stereocenters. The van der Waals surface area contributed by atoms with Gasteiger partial charge in [0, 0.05) is 18.7 Å². The number of benzene rings is 3. The average molecular weight is 455 g/mol. The molecule has 0 aromatic heterocycles. The van der Waals surface area contributed by atoms with Gasteiger partial charge in [-0.2, -0.15) is 0 Å². The number of likely N-dealkylation sites (tertiary alicyclic amines) is 1. The van der Waals surface area contributed by atoms with Crippen molar-refractivity contribution in [2.75, 3.05) is 32.8 Å². The van der Waals surface area contributed by atoms with Gasteiger partial charge < -0.3 is 14.5 Å². The first kappa shape index (κ1) is 22.7. The molecule has 2 aliphatic rings. The first-order chi connectivity index (χ1) is 16.8. The zero-order valence-corrected chi connectivity index (χ0v) is 19.9. The Morgan fingerprint density at radius 2 is 1.56 bits per heavy atom. The molecule has 5 rings (SSSR count). The summed E-state index contributed by atoms with van der Waals surface area (Å²) in [6, 6.07) is 26.5. The predicted octanol–water partition coefficient (Wildman–Crippen LogP) is 5.73. The maximum absolute atomic E-state index is 13.6. The van der Waals surface area contributed by atoms with Crippen LogP contribution < -0.4 is 4.74 Å². The summed E-state index contributed by atoms with van der Waals surface area (Å²) in [7, 11) is 0. The van der Waals surface area contributed by atoms with Crippen LogP contribution in [0.2, 0.25) is 0 Å². The van der Waals surface area contributed by atoms with Crippen LogP contribution in [-0.2, 0) is 6.42 Å². The molecule has 0 spiro atoms. The number of rotatable bonds is 7. The number of hydrogen-bond acceptors (Lipinski definition) is 3. The maximum Gasteiger partial charge on any atom is 0.254 e. The second-order valence-electron chi connectivity index (χ2n) is 9.39. The van der Waals surface area contributed by atoms with E-state index in [0.29, 0.717) is 18.7 Å². The van der Waals surface area contributed by atoms with Gasteiger partial charge in [-0.1, -0.05) is 61.0 Å². The molecule has 1 amide bonds. The minimum Gasteiger partial charge on any atom is -0.494 e. The van der Waals surface area contributed by atoms with Crippen LogP contribution in [0.5, 0.6) is 5.75 Å². The quantitative estimate of drug-likeness (QED) is 0.428. The van der Waals surface area contributed by atoms with Crippen LogP contribution in [0.4, 0.5) is 0 Å². The first-order valence-electron chi connectivity index (χ1n) is 12.7. The normalized spacial score (nSPS) is 18.4. The Balaban J connectivity index is 1.25. The zero-order chi connectivity index (χ0) is 23.2. The molecule has 1 fully saturated rings. The molecule has 2 heterocycles. The van der Waals surface area contributed by atoms with Crippen molar-refractivity contribution in [2.45, 2.75) is 38.1 Å². The van der Waals surface area contributed by atoms with E-state index in [4.69, 9.17) is 4.74 Å². The molecular formula is C30H34N2O2. The van der Waals surface area contributed by atoms with Crippen molar-refractivity contribution in [3.05, 3.63) is 101 Å². The Labute approximate surface area is 203 Å². The number of ether oxygens (including phenoxy) is 1. The maximum atomic E-state index is 13.6. The Hall–Kier alpha value is -3.11. The van der Waals surface area contributed by atoms with Crippen LogP contribution in [0.25, 0.3) is 0 Å². The second kappa shape index (κ2) is 10.9. The highest BCUT2D eigenvalue weighted by Crippen LogP contribution is 2.36. The van der Waals surface area contributed by atoms with Crippen LogP contribution in [0.1, 0.15) is 58.8 Å². The van der Waals surface area contributed by atoms with Crippen LogP contribution >= 0.6 is 0 Å². The number of fused-ring (bicyclic) bond motifs is 1. The molecule has 3 aromatic carbocycles. The van der Waals surface area contributed by atoms with Gasteiger partial charge in [0.25, 0.3) is 5.91 Å². The SMILES string of the molecule is O=C(c1ccc(OCCCN2CCCCC2)cc1)N1CCc2ccccc2C1c1ccccc1. The van der Waals surface area contributed by atoms with Crippen molar-refractivity contribution in [1.29, 1.82) is 0 Å². The lowest BCUT2D eigenvalue weighted by molar-refractivity contribution is 0.0694. The van der Waals surface area contributed by atoms with Crippen LogP contribution in [0.3, 0.4) is 0 Å². The molecule has 1 unspecified atom stereocenters. The minimum absolute atomic E-state index is 0.0654. The molecule has 176 valence electrons. The van der Waals surface area contributed by atoms with E-state index in [2.05, 4.69) is 41.3 Å². The van der Waals surface area contributed by atoms with Gasteiger partial charge in [0.05, 0.1) is 12.6 Å². The summed E-state index contributed by atoms with van der Waals surface area (Å²) in [5, 5.41) is 0. The lowest BCUT2D eigenvalue weighted by atomic mass is 9.88. The van der Waals surface area contributed by atoms with E-state index in [1.807, 2.05) is 47.4 Å². The molecule has 4 nitrogen and oxygen atoms in total. The van der Waals surface area contributed by atoms with Crippen molar-refractivity contribution >= 4 is 5.91 Å². The highest BCUT2D eigenvalue weighted by atomic mass is 16.5. The van der Waals surface area contributed by atoms with Crippen molar-refractivity contribution in [2.24, 2.45) is 0 Å². The lowest BCUT2D eigenvalue weighted by Crippen LogP contribution is -2.40. The van der Waals surface area contributed by atoms with Crippen molar-refractivity contribution < 1.29 is 9.53 Å². The van der Waals surface area contributed by atoms with Gasteiger partial charge in [0.1, 0.15) is 5.75 Å². The molecule has 0 aliphatic carbocycles. The van der Waals surface area contributed by atoms with Gasteiger partial charge >= 0.3 is 0 Å². The molecule has 34 heavy (non-hydrogen) atoms. The van der Waals surface area contributed by atoms with Gasteiger partial charge in [0.15, 0.2) is 0 Å². The standard InChI is InChI=1S/C30H34N2O2/c33-30(26-14-16-27(17-15-26)34-23-9-21-31-19-7-2-8-20-31)32-22-18-24-10-5-6-13-28(24)29(32)25-11-3-1-4-12-25/h1,3-6,10-17,29H,2,7-9,18-23H2. The van der Waals surface area contributed by atoms with Crippen molar-refractivity contribution in [3.63, 3.8) is 0 Å². The summed E-state index contributed by atoms with van der Waals surface area (Å²) in [6.45, 7) is 4.98. The molecule has 2 aliphatic heterocycles. The molecular weight excluding hydrogens is 420 g/mol. The third-order valence-corrected chi connectivity index (χ3v) is 7.10. The molecule has 0 radical (unpaired) electrons. The highest BCUT2D eigenvalue weighted by Gasteiger charge is 2.32. The summed E-state index contributed by atoms with van der Waals surface area (Å²) in [5.41, 5.74) is 4.41. The largest absolute Gasteiger partial charge is 0.494 e. The van der Waals surface area contributed by atoms with Crippen LogP contribution in [-0.4, -0.2) is 48.5 Å². The number of nitrogens with zero attached hydrogens (tertiary/aromatic N) is 2. The van der Waals surface area contributed by atoms with E-state index >= 15 is 0 Å². The van der Waals surface area contributed by atoms with E-state index in [0.717, 1.165) is 30.7 Å². The lowest BCUT2D eigenvalue weighted by Gasteiger charge is -2.38. The smallest absolute Gasteiger partial charge is 0.254 e. The number of amides is 1. The van der Waals surface area contributed by atoms with Gasteiger partial charge in [-0.15, -0.1) is 0 Å². The monoisotopic (exact) mass is 454 g/mol. The Morgan fingerprint density at radius 1 is 0.824 bits per heavy atom. The van der Waals surface area contributed by atoms with Gasteiger partial charge in [0.2, 0.25) is 0 Å². The topological polar surface area (TPSA) is 32.8 Å². The van der Waals surface area contributed by atoms with E-state index < -0.39 is 0 Å². The summed E-state index contributed by atoms with van der Waals surface area (Å²) in [4.78, 5) is 18.2. The van der Waals surface area contributed by atoms with Crippen LogP contribution in [0.15, 0.2) is 78.9 Å². The Kier molecular flexibility index (Phi) is 7.25. The summed E-state index contributed by atoms with van der Waals surface area (Å²) < 4.78 is 5.96. The fraction of sp³-hybridized carbons (Fsp3) is 0.367. The third-order valence-electron chi connectivity index (χ3n) is 7.10. The fourth-order valence-corrected chi connectivity index (χ4v) is 5.30. The molecule has 1 saturated heterocycles. The van der Waals surface area contributed by atoms with Gasteiger partial charge in [-0.25, -0.2) is 0 Å². The highest BCUT2D eigenvalue weighted by molar-refractivity contribution is 5.95. The third kappa shape index (κ3) is 5.18.